The number of hydrogen-bond donors (Lipinski definition) is 2. The lowest BCUT2D eigenvalue weighted by atomic mass is 10.2. The zero-order chi connectivity index (χ0) is 21.2. The first-order valence-electron chi connectivity index (χ1n) is 9.12. The number of nitrogens with zero attached hydrogens (tertiary/aromatic N) is 1. The summed E-state index contributed by atoms with van der Waals surface area (Å²) in [6.07, 6.45) is 2.15. The largest absolute Gasteiger partial charge is 0.493 e. The quantitative estimate of drug-likeness (QED) is 0.392. The fourth-order valence-corrected chi connectivity index (χ4v) is 2.36. The zero-order valence-electron chi connectivity index (χ0n) is 16.6. The third kappa shape index (κ3) is 7.12. The smallest absolute Gasteiger partial charge is 0.329 e. The molecule has 0 heterocycles. The van der Waals surface area contributed by atoms with Crippen molar-refractivity contribution in [2.45, 2.75) is 32.9 Å². The molecule has 7 nitrogen and oxygen atoms in total. The van der Waals surface area contributed by atoms with Crippen LogP contribution in [0.5, 0.6) is 11.5 Å². The highest BCUT2D eigenvalue weighted by Gasteiger charge is 2.14. The van der Waals surface area contributed by atoms with E-state index in [1.54, 1.807) is 30.3 Å². The van der Waals surface area contributed by atoms with Gasteiger partial charge in [0.1, 0.15) is 6.61 Å². The highest BCUT2D eigenvalue weighted by atomic mass is 35.5. The standard InChI is InChI=1S/C21H24ClN3O4/c1-4-14(2)24-20(26)21(27)25-23-12-16-7-10-18(19(11-16)28-3)29-13-15-5-8-17(22)9-6-15/h5-12,14H,4,13H2,1-3H3,(H,24,26)(H,25,27)/b23-12-/t14-/m1/s1. The van der Waals surface area contributed by atoms with E-state index in [0.717, 1.165) is 12.0 Å². The number of ether oxygens (including phenoxy) is 2. The molecule has 0 spiro atoms. The van der Waals surface area contributed by atoms with E-state index in [9.17, 15) is 9.59 Å². The fourth-order valence-electron chi connectivity index (χ4n) is 2.23. The number of benzene rings is 2. The van der Waals surface area contributed by atoms with Gasteiger partial charge in [-0.1, -0.05) is 30.7 Å². The number of amides is 2. The van der Waals surface area contributed by atoms with E-state index in [0.29, 0.717) is 28.7 Å². The molecular weight excluding hydrogens is 394 g/mol. The number of carbonyl (C=O) groups is 2. The van der Waals surface area contributed by atoms with Crippen LogP contribution in [0.2, 0.25) is 5.02 Å². The Kier molecular flexibility index (Phi) is 8.48. The van der Waals surface area contributed by atoms with E-state index in [4.69, 9.17) is 21.1 Å². The van der Waals surface area contributed by atoms with Crippen LogP contribution in [0.4, 0.5) is 0 Å². The van der Waals surface area contributed by atoms with Gasteiger partial charge in [0, 0.05) is 11.1 Å². The maximum absolute atomic E-state index is 11.7. The van der Waals surface area contributed by atoms with Crippen molar-refractivity contribution in [3.8, 4) is 11.5 Å². The van der Waals surface area contributed by atoms with Gasteiger partial charge in [-0.2, -0.15) is 5.10 Å². The molecule has 154 valence electrons. The molecule has 0 aliphatic carbocycles. The highest BCUT2D eigenvalue weighted by molar-refractivity contribution is 6.35. The van der Waals surface area contributed by atoms with Crippen LogP contribution in [0.3, 0.4) is 0 Å². The molecule has 2 aromatic rings. The maximum atomic E-state index is 11.7. The minimum atomic E-state index is -0.823. The Morgan fingerprint density at radius 3 is 2.52 bits per heavy atom. The van der Waals surface area contributed by atoms with Gasteiger partial charge in [-0.05, 0) is 54.8 Å². The minimum absolute atomic E-state index is 0.0816. The Morgan fingerprint density at radius 2 is 1.86 bits per heavy atom. The van der Waals surface area contributed by atoms with Crippen LogP contribution < -0.4 is 20.2 Å². The van der Waals surface area contributed by atoms with E-state index in [1.807, 2.05) is 26.0 Å². The highest BCUT2D eigenvalue weighted by Crippen LogP contribution is 2.28. The van der Waals surface area contributed by atoms with Crippen molar-refractivity contribution in [1.82, 2.24) is 10.7 Å². The van der Waals surface area contributed by atoms with Gasteiger partial charge >= 0.3 is 11.8 Å². The van der Waals surface area contributed by atoms with Gasteiger partial charge in [-0.25, -0.2) is 5.43 Å². The third-order valence-corrected chi connectivity index (χ3v) is 4.32. The number of nitrogens with one attached hydrogen (secondary N) is 2. The normalized spacial score (nSPS) is 11.7. The van der Waals surface area contributed by atoms with Crippen LogP contribution in [0.1, 0.15) is 31.4 Å². The number of rotatable bonds is 8. The molecule has 0 fully saturated rings. The van der Waals surface area contributed by atoms with Gasteiger partial charge in [-0.15, -0.1) is 0 Å². The molecule has 0 bridgehead atoms. The van der Waals surface area contributed by atoms with Crippen molar-refractivity contribution >= 4 is 29.6 Å². The third-order valence-electron chi connectivity index (χ3n) is 4.07. The Balaban J connectivity index is 1.95. The molecule has 2 N–H and O–H groups in total. The fraction of sp³-hybridized carbons (Fsp3) is 0.286. The van der Waals surface area contributed by atoms with Gasteiger partial charge in [0.15, 0.2) is 11.5 Å². The Bertz CT molecular complexity index is 869. The van der Waals surface area contributed by atoms with Crippen molar-refractivity contribution in [2.24, 2.45) is 5.10 Å². The van der Waals surface area contributed by atoms with Gasteiger partial charge in [0.2, 0.25) is 0 Å². The van der Waals surface area contributed by atoms with Gasteiger partial charge in [-0.3, -0.25) is 9.59 Å². The monoisotopic (exact) mass is 417 g/mol. The summed E-state index contributed by atoms with van der Waals surface area (Å²) >= 11 is 5.88. The lowest BCUT2D eigenvalue weighted by Gasteiger charge is -2.11. The van der Waals surface area contributed by atoms with Crippen molar-refractivity contribution in [3.05, 3.63) is 58.6 Å². The molecule has 0 aliphatic heterocycles. The first-order chi connectivity index (χ1) is 13.9. The second kappa shape index (κ2) is 11.1. The molecule has 0 radical (unpaired) electrons. The Labute approximate surface area is 175 Å². The predicted molar refractivity (Wildman–Crippen MR) is 112 cm³/mol. The summed E-state index contributed by atoms with van der Waals surface area (Å²) in [5, 5.41) is 7.04. The SMILES string of the molecule is CC[C@@H](C)NC(=O)C(=O)N/N=C\c1ccc(OCc2ccc(Cl)cc2)c(OC)c1. The van der Waals surface area contributed by atoms with Crippen LogP contribution in [-0.2, 0) is 16.2 Å². The average molecular weight is 418 g/mol. The molecule has 0 aromatic heterocycles. The molecule has 1 atom stereocenters. The Morgan fingerprint density at radius 1 is 1.14 bits per heavy atom. The molecule has 2 amide bonds. The first-order valence-corrected chi connectivity index (χ1v) is 9.50. The summed E-state index contributed by atoms with van der Waals surface area (Å²) in [6, 6.07) is 12.5. The van der Waals surface area contributed by atoms with E-state index >= 15 is 0 Å². The summed E-state index contributed by atoms with van der Waals surface area (Å²) in [5.74, 6) is -0.461. The molecular formula is C21H24ClN3O4. The van der Waals surface area contributed by atoms with Crippen LogP contribution in [0, 0.1) is 0 Å². The lowest BCUT2D eigenvalue weighted by Crippen LogP contribution is -2.41. The second-order valence-corrected chi connectivity index (χ2v) is 6.74. The number of hydrogen-bond acceptors (Lipinski definition) is 5. The molecule has 0 saturated heterocycles. The average Bonchev–Trinajstić information content (AvgIpc) is 2.73. The molecule has 0 unspecified atom stereocenters. The molecule has 2 rings (SSSR count). The van der Waals surface area contributed by atoms with E-state index in [-0.39, 0.29) is 6.04 Å². The number of halogens is 1. The van der Waals surface area contributed by atoms with Crippen molar-refractivity contribution in [1.29, 1.82) is 0 Å². The Hall–Kier alpha value is -3.06. The number of hydrazone groups is 1. The van der Waals surface area contributed by atoms with Crippen molar-refractivity contribution in [2.75, 3.05) is 7.11 Å². The minimum Gasteiger partial charge on any atom is -0.493 e. The molecule has 29 heavy (non-hydrogen) atoms. The maximum Gasteiger partial charge on any atom is 0.329 e. The topological polar surface area (TPSA) is 89.0 Å². The predicted octanol–water partition coefficient (Wildman–Crippen LogP) is 3.29. The van der Waals surface area contributed by atoms with E-state index in [2.05, 4.69) is 15.8 Å². The van der Waals surface area contributed by atoms with Crippen LogP contribution in [0.15, 0.2) is 47.6 Å². The van der Waals surface area contributed by atoms with Crippen LogP contribution >= 0.6 is 11.6 Å². The number of methoxy groups -OCH3 is 1. The van der Waals surface area contributed by atoms with E-state index < -0.39 is 11.8 Å². The van der Waals surface area contributed by atoms with Crippen molar-refractivity contribution in [3.63, 3.8) is 0 Å². The molecule has 0 saturated carbocycles. The molecule has 2 aromatic carbocycles. The summed E-state index contributed by atoms with van der Waals surface area (Å²) in [4.78, 5) is 23.4. The lowest BCUT2D eigenvalue weighted by molar-refractivity contribution is -0.139. The van der Waals surface area contributed by atoms with Gasteiger partial charge < -0.3 is 14.8 Å². The second-order valence-electron chi connectivity index (χ2n) is 6.31. The van der Waals surface area contributed by atoms with Gasteiger partial charge in [0.05, 0.1) is 13.3 Å². The summed E-state index contributed by atoms with van der Waals surface area (Å²) < 4.78 is 11.2. The summed E-state index contributed by atoms with van der Waals surface area (Å²) in [6.45, 7) is 4.09. The van der Waals surface area contributed by atoms with Crippen molar-refractivity contribution < 1.29 is 19.1 Å². The van der Waals surface area contributed by atoms with Crippen LogP contribution in [0.25, 0.3) is 0 Å². The first kappa shape index (κ1) is 22.2. The van der Waals surface area contributed by atoms with E-state index in [1.165, 1.54) is 13.3 Å². The molecule has 8 heteroatoms. The van der Waals surface area contributed by atoms with Gasteiger partial charge in [0.25, 0.3) is 0 Å². The zero-order valence-corrected chi connectivity index (χ0v) is 17.3. The molecule has 0 aliphatic rings. The summed E-state index contributed by atoms with van der Waals surface area (Å²) in [5.41, 5.74) is 3.84. The summed E-state index contributed by atoms with van der Waals surface area (Å²) in [7, 11) is 1.53. The number of carbonyl (C=O) groups excluding carboxylic acids is 2. The van der Waals surface area contributed by atoms with Crippen LogP contribution in [-0.4, -0.2) is 31.2 Å².